The van der Waals surface area contributed by atoms with Crippen LogP contribution in [0.15, 0.2) is 24.4 Å². The minimum Gasteiger partial charge on any atom is -0.394 e. The number of pyridine rings is 1. The fourth-order valence-corrected chi connectivity index (χ4v) is 2.23. The molecule has 7 nitrogen and oxygen atoms in total. The summed E-state index contributed by atoms with van der Waals surface area (Å²) in [5.41, 5.74) is 1.11. The van der Waals surface area contributed by atoms with Crippen molar-refractivity contribution < 1.29 is 28.6 Å². The van der Waals surface area contributed by atoms with E-state index in [-0.39, 0.29) is 21.4 Å². The first-order valence-electron chi connectivity index (χ1n) is 7.10. The quantitative estimate of drug-likeness (QED) is 0.525. The topological polar surface area (TPSA) is 104 Å². The van der Waals surface area contributed by atoms with Gasteiger partial charge in [0.15, 0.2) is 11.6 Å². The minimum absolute atomic E-state index is 0.0230. The van der Waals surface area contributed by atoms with Crippen molar-refractivity contribution in [2.45, 2.75) is 6.10 Å². The Labute approximate surface area is 156 Å². The first-order valence-corrected chi connectivity index (χ1v) is 7.86. The minimum atomic E-state index is -1.33. The van der Waals surface area contributed by atoms with Crippen molar-refractivity contribution >= 4 is 40.6 Å². The molecule has 4 N–H and O–H groups in total. The predicted molar refractivity (Wildman–Crippen MR) is 90.4 cm³/mol. The Morgan fingerprint density at radius 3 is 2.73 bits per heavy atom. The van der Waals surface area contributed by atoms with E-state index < -0.39 is 42.5 Å². The van der Waals surface area contributed by atoms with Gasteiger partial charge in [-0.25, -0.2) is 19.2 Å². The van der Waals surface area contributed by atoms with E-state index in [0.717, 1.165) is 12.1 Å². The molecule has 2 aromatic rings. The third-order valence-corrected chi connectivity index (χ3v) is 3.54. The molecule has 1 aromatic carbocycles. The lowest BCUT2D eigenvalue weighted by molar-refractivity contribution is -0.0295. The second kappa shape index (κ2) is 9.06. The van der Waals surface area contributed by atoms with Gasteiger partial charge in [-0.2, -0.15) is 0 Å². The molecule has 0 fully saturated rings. The zero-order valence-electron chi connectivity index (χ0n) is 13.0. The van der Waals surface area contributed by atoms with Crippen LogP contribution in [0.25, 0.3) is 0 Å². The highest BCUT2D eigenvalue weighted by atomic mass is 35.5. The standard InChI is InChI=1S/C15H13Cl2F2N3O4/c16-7-3-10(17)14(20-4-7)21-13-9(1-2-11(18)12(13)19)15(25)22-26-6-8(24)5-23/h1-4,8,23-24H,5-6H2,(H,20,21)(H,22,25)/t8-/m0/s1. The van der Waals surface area contributed by atoms with Gasteiger partial charge in [-0.1, -0.05) is 23.2 Å². The number of hydrogen-bond acceptors (Lipinski definition) is 6. The molecule has 0 bridgehead atoms. The summed E-state index contributed by atoms with van der Waals surface area (Å²) in [6.07, 6.45) is 0.0152. The van der Waals surface area contributed by atoms with Gasteiger partial charge in [-0.3, -0.25) is 9.63 Å². The van der Waals surface area contributed by atoms with Gasteiger partial charge in [-0.15, -0.1) is 0 Å². The van der Waals surface area contributed by atoms with Crippen LogP contribution in [-0.2, 0) is 4.84 Å². The second-order valence-electron chi connectivity index (χ2n) is 4.97. The molecule has 0 aliphatic heterocycles. The average molecular weight is 408 g/mol. The van der Waals surface area contributed by atoms with Crippen molar-refractivity contribution in [3.63, 3.8) is 0 Å². The molecule has 26 heavy (non-hydrogen) atoms. The van der Waals surface area contributed by atoms with E-state index in [4.69, 9.17) is 38.3 Å². The fourth-order valence-electron chi connectivity index (χ4n) is 1.80. The SMILES string of the molecule is O=C(NOC[C@@H](O)CO)c1ccc(F)c(F)c1Nc1ncc(Cl)cc1Cl. The molecule has 1 amide bonds. The maximum atomic E-state index is 14.2. The van der Waals surface area contributed by atoms with Gasteiger partial charge in [0, 0.05) is 6.20 Å². The van der Waals surface area contributed by atoms with Gasteiger partial charge in [0.25, 0.3) is 5.91 Å². The molecular weight excluding hydrogens is 395 g/mol. The maximum Gasteiger partial charge on any atom is 0.277 e. The van der Waals surface area contributed by atoms with Crippen LogP contribution in [0.2, 0.25) is 10.0 Å². The van der Waals surface area contributed by atoms with Gasteiger partial charge in [0.1, 0.15) is 18.5 Å². The van der Waals surface area contributed by atoms with E-state index in [9.17, 15) is 13.6 Å². The van der Waals surface area contributed by atoms with E-state index in [1.165, 1.54) is 12.3 Å². The Bertz CT molecular complexity index is 811. The third kappa shape index (κ3) is 4.99. The Balaban J connectivity index is 2.27. The summed E-state index contributed by atoms with van der Waals surface area (Å²) >= 11 is 11.7. The van der Waals surface area contributed by atoms with E-state index in [1.54, 1.807) is 0 Å². The van der Waals surface area contributed by atoms with Crippen molar-refractivity contribution in [2.24, 2.45) is 0 Å². The van der Waals surface area contributed by atoms with Gasteiger partial charge in [0.2, 0.25) is 0 Å². The molecule has 11 heteroatoms. The molecule has 1 atom stereocenters. The van der Waals surface area contributed by atoms with E-state index in [0.29, 0.717) is 0 Å². The number of carbonyl (C=O) groups excluding carboxylic acids is 1. The van der Waals surface area contributed by atoms with Crippen molar-refractivity contribution in [1.29, 1.82) is 0 Å². The van der Waals surface area contributed by atoms with Gasteiger partial charge < -0.3 is 15.5 Å². The Morgan fingerprint density at radius 2 is 2.08 bits per heavy atom. The number of aromatic nitrogens is 1. The van der Waals surface area contributed by atoms with Crippen LogP contribution < -0.4 is 10.8 Å². The lowest BCUT2D eigenvalue weighted by atomic mass is 10.1. The summed E-state index contributed by atoms with van der Waals surface area (Å²) in [6, 6.07) is 3.11. The number of aliphatic hydroxyl groups is 2. The average Bonchev–Trinajstić information content (AvgIpc) is 2.60. The summed E-state index contributed by atoms with van der Waals surface area (Å²) in [5.74, 6) is -3.51. The highest BCUT2D eigenvalue weighted by Gasteiger charge is 2.20. The number of nitrogens with one attached hydrogen (secondary N) is 2. The number of rotatable bonds is 7. The Morgan fingerprint density at radius 1 is 1.35 bits per heavy atom. The molecule has 2 rings (SSSR count). The van der Waals surface area contributed by atoms with Crippen molar-refractivity contribution in [1.82, 2.24) is 10.5 Å². The molecule has 1 aromatic heterocycles. The summed E-state index contributed by atoms with van der Waals surface area (Å²) in [6.45, 7) is -0.978. The number of benzene rings is 1. The first kappa shape index (κ1) is 20.3. The number of hydroxylamine groups is 1. The maximum absolute atomic E-state index is 14.2. The Hall–Kier alpha value is -2.04. The molecule has 0 aliphatic rings. The lowest BCUT2D eigenvalue weighted by Crippen LogP contribution is -2.30. The molecule has 0 aliphatic carbocycles. The van der Waals surface area contributed by atoms with Crippen molar-refractivity contribution in [2.75, 3.05) is 18.5 Å². The second-order valence-corrected chi connectivity index (χ2v) is 5.82. The number of carbonyl (C=O) groups is 1. The number of aliphatic hydroxyl groups excluding tert-OH is 2. The van der Waals surface area contributed by atoms with E-state index in [1.807, 2.05) is 5.48 Å². The number of amides is 1. The van der Waals surface area contributed by atoms with E-state index in [2.05, 4.69) is 10.3 Å². The molecular formula is C15H13Cl2F2N3O4. The van der Waals surface area contributed by atoms with Crippen LogP contribution in [-0.4, -0.2) is 40.4 Å². The van der Waals surface area contributed by atoms with Crippen molar-refractivity contribution in [3.05, 3.63) is 51.6 Å². The fraction of sp³-hybridized carbons (Fsp3) is 0.200. The normalized spacial score (nSPS) is 11.9. The smallest absolute Gasteiger partial charge is 0.277 e. The summed E-state index contributed by atoms with van der Waals surface area (Å²) in [5, 5.41) is 20.5. The van der Waals surface area contributed by atoms with Crippen LogP contribution in [0.3, 0.4) is 0 Å². The summed E-state index contributed by atoms with van der Waals surface area (Å²) < 4.78 is 27.8. The number of halogens is 4. The van der Waals surface area contributed by atoms with Gasteiger partial charge >= 0.3 is 0 Å². The number of hydrogen-bond donors (Lipinski definition) is 4. The van der Waals surface area contributed by atoms with Crippen molar-refractivity contribution in [3.8, 4) is 0 Å². The van der Waals surface area contributed by atoms with E-state index >= 15 is 0 Å². The largest absolute Gasteiger partial charge is 0.394 e. The third-order valence-electron chi connectivity index (χ3n) is 3.04. The molecule has 0 spiro atoms. The summed E-state index contributed by atoms with van der Waals surface area (Å²) in [4.78, 5) is 20.7. The number of nitrogens with zero attached hydrogens (tertiary/aromatic N) is 1. The first-order chi connectivity index (χ1) is 12.3. The summed E-state index contributed by atoms with van der Waals surface area (Å²) in [7, 11) is 0. The zero-order valence-corrected chi connectivity index (χ0v) is 14.5. The van der Waals surface area contributed by atoms with Crippen LogP contribution >= 0.6 is 23.2 Å². The number of anilines is 2. The molecule has 0 unspecified atom stereocenters. The van der Waals surface area contributed by atoms with Crippen LogP contribution in [0.5, 0.6) is 0 Å². The molecule has 0 radical (unpaired) electrons. The predicted octanol–water partition coefficient (Wildman–Crippen LogP) is 2.42. The highest BCUT2D eigenvalue weighted by Crippen LogP contribution is 2.30. The molecule has 1 heterocycles. The van der Waals surface area contributed by atoms with Crippen LogP contribution in [0.4, 0.5) is 20.3 Å². The van der Waals surface area contributed by atoms with Gasteiger partial charge in [-0.05, 0) is 18.2 Å². The van der Waals surface area contributed by atoms with Gasteiger partial charge in [0.05, 0.1) is 27.9 Å². The van der Waals surface area contributed by atoms with Crippen LogP contribution in [0.1, 0.15) is 10.4 Å². The van der Waals surface area contributed by atoms with Crippen LogP contribution in [0, 0.1) is 11.6 Å². The molecule has 140 valence electrons. The lowest BCUT2D eigenvalue weighted by Gasteiger charge is -2.14. The highest BCUT2D eigenvalue weighted by molar-refractivity contribution is 6.36. The Kier molecular flexibility index (Phi) is 7.06. The monoisotopic (exact) mass is 407 g/mol. The molecule has 0 saturated heterocycles. The zero-order chi connectivity index (χ0) is 19.3. The molecule has 0 saturated carbocycles.